The van der Waals surface area contributed by atoms with E-state index in [1.165, 1.54) is 23.7 Å². The van der Waals surface area contributed by atoms with Crippen LogP contribution in [0.2, 0.25) is 0 Å². The zero-order valence-electron chi connectivity index (χ0n) is 10.6. The average Bonchev–Trinajstić information content (AvgIpc) is 2.84. The third kappa shape index (κ3) is 3.86. The van der Waals surface area contributed by atoms with Gasteiger partial charge in [-0.3, -0.25) is 0 Å². The van der Waals surface area contributed by atoms with Crippen molar-refractivity contribution in [3.63, 3.8) is 0 Å². The van der Waals surface area contributed by atoms with Gasteiger partial charge in [-0.15, -0.1) is 11.3 Å². The van der Waals surface area contributed by atoms with Gasteiger partial charge in [0.05, 0.1) is 0 Å². The molecule has 17 heavy (non-hydrogen) atoms. The number of thioether (sulfide) groups is 1. The van der Waals surface area contributed by atoms with Crippen LogP contribution in [-0.4, -0.2) is 42.2 Å². The van der Waals surface area contributed by atoms with Gasteiger partial charge in [0.1, 0.15) is 0 Å². The lowest BCUT2D eigenvalue weighted by atomic mass is 10.0. The highest BCUT2D eigenvalue weighted by Crippen LogP contribution is 2.22. The zero-order chi connectivity index (χ0) is 12.1. The molecule has 3 nitrogen and oxygen atoms in total. The molecule has 0 aliphatic carbocycles. The topological polar surface area (TPSA) is 28.2 Å². The molecule has 0 amide bonds. The van der Waals surface area contributed by atoms with E-state index in [1.807, 2.05) is 18.0 Å². The number of hydrogen-bond acceptors (Lipinski definition) is 5. The van der Waals surface area contributed by atoms with Crippen molar-refractivity contribution in [1.82, 2.24) is 10.3 Å². The third-order valence-electron chi connectivity index (χ3n) is 3.12. The fourth-order valence-electron chi connectivity index (χ4n) is 2.31. The molecular weight excluding hydrogens is 250 g/mol. The summed E-state index contributed by atoms with van der Waals surface area (Å²) < 4.78 is 0. The molecule has 0 saturated carbocycles. The molecule has 1 aliphatic heterocycles. The van der Waals surface area contributed by atoms with Crippen LogP contribution in [0.4, 0.5) is 5.13 Å². The molecule has 1 saturated heterocycles. The number of aromatic nitrogens is 1. The first kappa shape index (κ1) is 13.2. The predicted octanol–water partition coefficient (Wildman–Crippen LogP) is 2.45. The fourth-order valence-corrected chi connectivity index (χ4v) is 3.60. The van der Waals surface area contributed by atoms with E-state index in [0.29, 0.717) is 12.1 Å². The highest BCUT2D eigenvalue weighted by molar-refractivity contribution is 7.98. The normalized spacial score (nSPS) is 19.5. The second-order valence-corrected chi connectivity index (χ2v) is 6.38. The summed E-state index contributed by atoms with van der Waals surface area (Å²) in [5.41, 5.74) is 0. The Morgan fingerprint density at radius 2 is 2.35 bits per heavy atom. The SMILES string of the molecule is CSCC(C)NC1CCN(c2nccs2)CC1. The van der Waals surface area contributed by atoms with Crippen LogP contribution in [0.15, 0.2) is 11.6 Å². The molecule has 1 fully saturated rings. The van der Waals surface area contributed by atoms with Crippen molar-refractivity contribution < 1.29 is 0 Å². The average molecular weight is 271 g/mol. The molecule has 2 rings (SSSR count). The zero-order valence-corrected chi connectivity index (χ0v) is 12.2. The standard InChI is InChI=1S/C12H21N3S2/c1-10(9-16-2)14-11-3-6-15(7-4-11)12-13-5-8-17-12/h5,8,10-11,14H,3-4,6-7,9H2,1-2H3. The summed E-state index contributed by atoms with van der Waals surface area (Å²) >= 11 is 3.66. The molecule has 1 aromatic rings. The molecule has 5 heteroatoms. The first-order chi connectivity index (χ1) is 8.29. The first-order valence-corrected chi connectivity index (χ1v) is 8.46. The van der Waals surface area contributed by atoms with Gasteiger partial charge >= 0.3 is 0 Å². The fraction of sp³-hybridized carbons (Fsp3) is 0.750. The van der Waals surface area contributed by atoms with Crippen LogP contribution < -0.4 is 10.2 Å². The lowest BCUT2D eigenvalue weighted by Gasteiger charge is -2.33. The third-order valence-corrected chi connectivity index (χ3v) is 4.79. The maximum atomic E-state index is 4.38. The summed E-state index contributed by atoms with van der Waals surface area (Å²) in [7, 11) is 0. The van der Waals surface area contributed by atoms with Gasteiger partial charge in [0, 0.05) is 42.5 Å². The van der Waals surface area contributed by atoms with Crippen LogP contribution in [0.3, 0.4) is 0 Å². The Balaban J connectivity index is 1.74. The minimum Gasteiger partial charge on any atom is -0.348 e. The molecule has 0 radical (unpaired) electrons. The van der Waals surface area contributed by atoms with Crippen LogP contribution in [0, 0.1) is 0 Å². The number of nitrogens with zero attached hydrogens (tertiary/aromatic N) is 2. The molecule has 0 aromatic carbocycles. The quantitative estimate of drug-likeness (QED) is 0.890. The highest BCUT2D eigenvalue weighted by Gasteiger charge is 2.21. The van der Waals surface area contributed by atoms with Crippen molar-refractivity contribution in [3.8, 4) is 0 Å². The summed E-state index contributed by atoms with van der Waals surface area (Å²) in [6, 6.07) is 1.31. The van der Waals surface area contributed by atoms with Crippen molar-refractivity contribution in [1.29, 1.82) is 0 Å². The van der Waals surface area contributed by atoms with Gasteiger partial charge < -0.3 is 10.2 Å². The minimum atomic E-state index is 0.626. The summed E-state index contributed by atoms with van der Waals surface area (Å²) in [5.74, 6) is 1.20. The highest BCUT2D eigenvalue weighted by atomic mass is 32.2. The van der Waals surface area contributed by atoms with Crippen molar-refractivity contribution in [2.45, 2.75) is 31.8 Å². The van der Waals surface area contributed by atoms with E-state index >= 15 is 0 Å². The van der Waals surface area contributed by atoms with Crippen LogP contribution in [0.5, 0.6) is 0 Å². The van der Waals surface area contributed by atoms with Crippen LogP contribution in [-0.2, 0) is 0 Å². The van der Waals surface area contributed by atoms with Gasteiger partial charge in [-0.2, -0.15) is 11.8 Å². The van der Waals surface area contributed by atoms with Gasteiger partial charge in [0.25, 0.3) is 0 Å². The van der Waals surface area contributed by atoms with Gasteiger partial charge in [0.15, 0.2) is 5.13 Å². The Bertz CT molecular complexity index is 308. The number of rotatable bonds is 5. The number of nitrogens with one attached hydrogen (secondary N) is 1. The summed E-state index contributed by atoms with van der Waals surface area (Å²) in [6.45, 7) is 4.55. The van der Waals surface area contributed by atoms with Crippen molar-refractivity contribution in [2.24, 2.45) is 0 Å². The predicted molar refractivity (Wildman–Crippen MR) is 78.3 cm³/mol. The van der Waals surface area contributed by atoms with Gasteiger partial charge in [0.2, 0.25) is 0 Å². The van der Waals surface area contributed by atoms with E-state index < -0.39 is 0 Å². The lowest BCUT2D eigenvalue weighted by molar-refractivity contribution is 0.389. The van der Waals surface area contributed by atoms with E-state index in [9.17, 15) is 0 Å². The molecule has 1 N–H and O–H groups in total. The second kappa shape index (κ2) is 6.61. The molecule has 1 unspecified atom stereocenters. The number of hydrogen-bond donors (Lipinski definition) is 1. The number of piperidine rings is 1. The Labute approximate surface area is 112 Å². The van der Waals surface area contributed by atoms with Crippen LogP contribution in [0.25, 0.3) is 0 Å². The monoisotopic (exact) mass is 271 g/mol. The summed E-state index contributed by atoms with van der Waals surface area (Å²) in [6.07, 6.45) is 6.53. The van der Waals surface area contributed by atoms with E-state index in [0.717, 1.165) is 13.1 Å². The molecule has 1 aromatic heterocycles. The molecule has 1 aliphatic rings. The Kier molecular flexibility index (Phi) is 5.13. The second-order valence-electron chi connectivity index (χ2n) is 4.60. The summed E-state index contributed by atoms with van der Waals surface area (Å²) in [4.78, 5) is 6.78. The maximum absolute atomic E-state index is 4.38. The van der Waals surface area contributed by atoms with E-state index in [4.69, 9.17) is 0 Å². The molecule has 96 valence electrons. The number of anilines is 1. The van der Waals surface area contributed by atoms with Gasteiger partial charge in [-0.05, 0) is 26.0 Å². The summed E-state index contributed by atoms with van der Waals surface area (Å²) in [5, 5.41) is 6.96. The van der Waals surface area contributed by atoms with E-state index in [1.54, 1.807) is 11.3 Å². The molecule has 1 atom stereocenters. The van der Waals surface area contributed by atoms with Gasteiger partial charge in [-0.1, -0.05) is 0 Å². The largest absolute Gasteiger partial charge is 0.348 e. The smallest absolute Gasteiger partial charge is 0.185 e. The minimum absolute atomic E-state index is 0.626. The van der Waals surface area contributed by atoms with E-state index in [2.05, 4.69) is 33.8 Å². The van der Waals surface area contributed by atoms with E-state index in [-0.39, 0.29) is 0 Å². The molecule has 2 heterocycles. The Morgan fingerprint density at radius 1 is 1.59 bits per heavy atom. The van der Waals surface area contributed by atoms with Crippen LogP contribution in [0.1, 0.15) is 19.8 Å². The van der Waals surface area contributed by atoms with Gasteiger partial charge in [-0.25, -0.2) is 4.98 Å². The molecular formula is C12H21N3S2. The van der Waals surface area contributed by atoms with Crippen LogP contribution >= 0.6 is 23.1 Å². The Hall–Kier alpha value is -0.260. The van der Waals surface area contributed by atoms with Crippen molar-refractivity contribution in [3.05, 3.63) is 11.6 Å². The molecule has 0 bridgehead atoms. The van der Waals surface area contributed by atoms with Crippen molar-refractivity contribution in [2.75, 3.05) is 30.0 Å². The van der Waals surface area contributed by atoms with Crippen molar-refractivity contribution >= 4 is 28.2 Å². The molecule has 0 spiro atoms. The Morgan fingerprint density at radius 3 is 2.94 bits per heavy atom. The first-order valence-electron chi connectivity index (χ1n) is 6.19. The maximum Gasteiger partial charge on any atom is 0.185 e. The lowest BCUT2D eigenvalue weighted by Crippen LogP contribution is -2.46. The number of thiazole rings is 1.